The Balaban J connectivity index is 1.90. The summed E-state index contributed by atoms with van der Waals surface area (Å²) in [6.45, 7) is 4.08. The summed E-state index contributed by atoms with van der Waals surface area (Å²) < 4.78 is 32.3. The smallest absolute Gasteiger partial charge is 0.300 e. The summed E-state index contributed by atoms with van der Waals surface area (Å²) in [5.41, 5.74) is 1.57. The number of hydrogen-bond acceptors (Lipinski definition) is 4. The maximum Gasteiger partial charge on any atom is 0.300 e. The van der Waals surface area contributed by atoms with Gasteiger partial charge in [0.05, 0.1) is 5.02 Å². The summed E-state index contributed by atoms with van der Waals surface area (Å²) >= 11 is 11.7. The lowest BCUT2D eigenvalue weighted by molar-refractivity contribution is 0.0956. The highest BCUT2D eigenvalue weighted by atomic mass is 35.5. The lowest BCUT2D eigenvalue weighted by Gasteiger charge is -2.07. The molecular formula is C18H15Cl2NO4S. The van der Waals surface area contributed by atoms with Gasteiger partial charge in [-0.25, -0.2) is 13.1 Å². The SMILES string of the molecule is CC(C)c1ccc2cc(C(=O)NS(=O)(=O)c3ccc(Cl)cc3Cl)oc2c1. The van der Waals surface area contributed by atoms with E-state index in [2.05, 4.69) is 0 Å². The van der Waals surface area contributed by atoms with Crippen LogP contribution in [-0.2, 0) is 10.0 Å². The van der Waals surface area contributed by atoms with E-state index in [1.54, 1.807) is 0 Å². The molecule has 3 aromatic rings. The summed E-state index contributed by atoms with van der Waals surface area (Å²) in [6, 6.07) is 11.0. The van der Waals surface area contributed by atoms with Gasteiger partial charge in [0, 0.05) is 10.4 Å². The van der Waals surface area contributed by atoms with E-state index in [1.165, 1.54) is 24.3 Å². The minimum atomic E-state index is -4.16. The van der Waals surface area contributed by atoms with Crippen LogP contribution >= 0.6 is 23.2 Å². The molecule has 0 radical (unpaired) electrons. The molecule has 0 aliphatic heterocycles. The fourth-order valence-corrected chi connectivity index (χ4v) is 4.17. The van der Waals surface area contributed by atoms with Crippen molar-refractivity contribution in [1.29, 1.82) is 0 Å². The second-order valence-corrected chi connectivity index (χ2v) is 8.57. The summed E-state index contributed by atoms with van der Waals surface area (Å²) in [5, 5.41) is 0.920. The first-order valence-electron chi connectivity index (χ1n) is 7.73. The van der Waals surface area contributed by atoms with Gasteiger partial charge in [-0.15, -0.1) is 0 Å². The summed E-state index contributed by atoms with van der Waals surface area (Å²) in [5.74, 6) is -0.679. The molecule has 0 saturated carbocycles. The number of nitrogens with one attached hydrogen (secondary N) is 1. The molecule has 1 aromatic heterocycles. The normalized spacial score (nSPS) is 11.9. The average molecular weight is 412 g/mol. The zero-order valence-electron chi connectivity index (χ0n) is 13.9. The molecule has 0 bridgehead atoms. The van der Waals surface area contributed by atoms with E-state index in [1.807, 2.05) is 36.8 Å². The van der Waals surface area contributed by atoms with Crippen molar-refractivity contribution in [3.05, 3.63) is 63.8 Å². The van der Waals surface area contributed by atoms with Gasteiger partial charge in [0.2, 0.25) is 0 Å². The molecule has 5 nitrogen and oxygen atoms in total. The Bertz CT molecular complexity index is 1100. The van der Waals surface area contributed by atoms with Crippen LogP contribution < -0.4 is 4.72 Å². The molecule has 2 aromatic carbocycles. The fourth-order valence-electron chi connectivity index (χ4n) is 2.44. The Kier molecular flexibility index (Phi) is 5.01. The topological polar surface area (TPSA) is 76.4 Å². The molecule has 0 aliphatic carbocycles. The lowest BCUT2D eigenvalue weighted by atomic mass is 10.0. The second kappa shape index (κ2) is 6.95. The van der Waals surface area contributed by atoms with Crippen molar-refractivity contribution in [2.75, 3.05) is 0 Å². The largest absolute Gasteiger partial charge is 0.451 e. The van der Waals surface area contributed by atoms with Crippen molar-refractivity contribution in [1.82, 2.24) is 4.72 Å². The number of carbonyl (C=O) groups excluding carboxylic acids is 1. The molecule has 0 saturated heterocycles. The van der Waals surface area contributed by atoms with Crippen LogP contribution in [0.15, 0.2) is 51.8 Å². The van der Waals surface area contributed by atoms with Crippen molar-refractivity contribution in [3.63, 3.8) is 0 Å². The first-order valence-corrected chi connectivity index (χ1v) is 9.97. The van der Waals surface area contributed by atoms with Gasteiger partial charge in [-0.05, 0) is 41.8 Å². The van der Waals surface area contributed by atoms with Crippen LogP contribution in [0.4, 0.5) is 0 Å². The van der Waals surface area contributed by atoms with E-state index in [0.717, 1.165) is 5.56 Å². The first kappa shape index (κ1) is 18.8. The number of rotatable bonds is 4. The van der Waals surface area contributed by atoms with E-state index in [4.69, 9.17) is 27.6 Å². The highest BCUT2D eigenvalue weighted by Gasteiger charge is 2.23. The van der Waals surface area contributed by atoms with Gasteiger partial charge in [0.25, 0.3) is 10.0 Å². The van der Waals surface area contributed by atoms with Crippen LogP contribution in [0, 0.1) is 0 Å². The van der Waals surface area contributed by atoms with Gasteiger partial charge in [0.1, 0.15) is 10.5 Å². The number of sulfonamides is 1. The molecule has 136 valence electrons. The molecule has 26 heavy (non-hydrogen) atoms. The molecule has 3 rings (SSSR count). The molecular weight excluding hydrogens is 397 g/mol. The number of carbonyl (C=O) groups is 1. The first-order chi connectivity index (χ1) is 12.2. The minimum absolute atomic E-state index is 0.0796. The van der Waals surface area contributed by atoms with Crippen molar-refractivity contribution in [3.8, 4) is 0 Å². The number of amides is 1. The fraction of sp³-hybridized carbons (Fsp3) is 0.167. The zero-order valence-corrected chi connectivity index (χ0v) is 16.2. The highest BCUT2D eigenvalue weighted by Crippen LogP contribution is 2.27. The third kappa shape index (κ3) is 3.72. The molecule has 0 fully saturated rings. The predicted octanol–water partition coefficient (Wildman–Crippen LogP) is 4.98. The molecule has 8 heteroatoms. The van der Waals surface area contributed by atoms with Gasteiger partial charge in [-0.2, -0.15) is 0 Å². The quantitative estimate of drug-likeness (QED) is 0.656. The molecule has 0 unspecified atom stereocenters. The number of benzene rings is 2. The van der Waals surface area contributed by atoms with Crippen molar-refractivity contribution in [2.45, 2.75) is 24.7 Å². The summed E-state index contributed by atoms with van der Waals surface area (Å²) in [7, 11) is -4.16. The standard InChI is InChI=1S/C18H15Cl2NO4S/c1-10(2)11-3-4-12-8-16(25-15(12)7-11)18(22)21-26(23,24)17-6-5-13(19)9-14(17)20/h3-10H,1-2H3,(H,21,22). The average Bonchev–Trinajstić information content (AvgIpc) is 2.97. The minimum Gasteiger partial charge on any atom is -0.451 e. The van der Waals surface area contributed by atoms with Gasteiger partial charge >= 0.3 is 5.91 Å². The maximum atomic E-state index is 12.4. The number of hydrogen-bond donors (Lipinski definition) is 1. The Morgan fingerprint density at radius 1 is 1.08 bits per heavy atom. The second-order valence-electron chi connectivity index (χ2n) is 6.07. The molecule has 1 N–H and O–H groups in total. The lowest BCUT2D eigenvalue weighted by Crippen LogP contribution is -2.30. The van der Waals surface area contributed by atoms with Crippen LogP contribution in [0.2, 0.25) is 10.0 Å². The van der Waals surface area contributed by atoms with Gasteiger partial charge in [0.15, 0.2) is 5.76 Å². The van der Waals surface area contributed by atoms with Crippen LogP contribution in [0.3, 0.4) is 0 Å². The highest BCUT2D eigenvalue weighted by molar-refractivity contribution is 7.90. The van der Waals surface area contributed by atoms with Gasteiger partial charge in [-0.3, -0.25) is 4.79 Å². The Hall–Kier alpha value is -2.02. The van der Waals surface area contributed by atoms with Crippen LogP contribution in [0.5, 0.6) is 0 Å². The van der Waals surface area contributed by atoms with Gasteiger partial charge < -0.3 is 4.42 Å². The number of furan rings is 1. The van der Waals surface area contributed by atoms with E-state index in [9.17, 15) is 13.2 Å². The summed E-state index contributed by atoms with van der Waals surface area (Å²) in [4.78, 5) is 12.1. The summed E-state index contributed by atoms with van der Waals surface area (Å²) in [6.07, 6.45) is 0. The monoisotopic (exact) mass is 411 g/mol. The predicted molar refractivity (Wildman–Crippen MR) is 101 cm³/mol. The van der Waals surface area contributed by atoms with E-state index < -0.39 is 15.9 Å². The van der Waals surface area contributed by atoms with E-state index in [0.29, 0.717) is 21.9 Å². The van der Waals surface area contributed by atoms with E-state index in [-0.39, 0.29) is 15.7 Å². The van der Waals surface area contributed by atoms with Crippen LogP contribution in [0.1, 0.15) is 35.9 Å². The zero-order chi connectivity index (χ0) is 19.1. The molecule has 1 heterocycles. The van der Waals surface area contributed by atoms with Crippen LogP contribution in [0.25, 0.3) is 11.0 Å². The maximum absolute atomic E-state index is 12.4. The number of fused-ring (bicyclic) bond motifs is 1. The van der Waals surface area contributed by atoms with Crippen LogP contribution in [-0.4, -0.2) is 14.3 Å². The molecule has 0 aliphatic rings. The number of halogens is 2. The Labute approximate surface area is 161 Å². The Morgan fingerprint density at radius 3 is 2.46 bits per heavy atom. The van der Waals surface area contributed by atoms with E-state index >= 15 is 0 Å². The molecule has 1 amide bonds. The molecule has 0 spiro atoms. The molecule has 0 atom stereocenters. The van der Waals surface area contributed by atoms with Gasteiger partial charge in [-0.1, -0.05) is 49.2 Å². The van der Waals surface area contributed by atoms with Crippen molar-refractivity contribution < 1.29 is 17.6 Å². The van der Waals surface area contributed by atoms with Crippen molar-refractivity contribution in [2.24, 2.45) is 0 Å². The third-order valence-electron chi connectivity index (χ3n) is 3.85. The third-order valence-corrected chi connectivity index (χ3v) is 5.89. The Morgan fingerprint density at radius 2 is 1.81 bits per heavy atom. The van der Waals surface area contributed by atoms with Crippen molar-refractivity contribution >= 4 is 50.1 Å².